The number of aromatic nitrogens is 3. The van der Waals surface area contributed by atoms with Gasteiger partial charge < -0.3 is 14.6 Å². The molecule has 0 atom stereocenters. The number of hydrogen-bond donors (Lipinski definition) is 1. The highest BCUT2D eigenvalue weighted by Gasteiger charge is 2.48. The van der Waals surface area contributed by atoms with E-state index in [-0.39, 0.29) is 0 Å². The Bertz CT molecular complexity index is 427. The van der Waals surface area contributed by atoms with Gasteiger partial charge in [0.15, 0.2) is 10.4 Å². The summed E-state index contributed by atoms with van der Waals surface area (Å²) >= 11 is 3.35. The van der Waals surface area contributed by atoms with E-state index in [1.807, 2.05) is 0 Å². The second-order valence-electron chi connectivity index (χ2n) is 4.99. The molecule has 2 aliphatic rings. The molecular formula is C11H16BrN3O3. The molecule has 1 aliphatic carbocycles. The molecule has 0 unspecified atom stereocenters. The van der Waals surface area contributed by atoms with Crippen molar-refractivity contribution in [2.24, 2.45) is 7.05 Å². The number of aryl methyl sites for hydroxylation is 1. The summed E-state index contributed by atoms with van der Waals surface area (Å²) in [6.07, 6.45) is 2.57. The maximum Gasteiger partial charge on any atom is 0.168 e. The van der Waals surface area contributed by atoms with E-state index in [1.165, 1.54) is 0 Å². The van der Waals surface area contributed by atoms with Crippen molar-refractivity contribution in [3.63, 3.8) is 0 Å². The number of ether oxygens (including phenoxy) is 2. The normalized spacial score (nSPS) is 25.7. The molecule has 1 N–H and O–H groups in total. The van der Waals surface area contributed by atoms with Gasteiger partial charge in [0.2, 0.25) is 0 Å². The molecule has 1 aromatic heterocycles. The second kappa shape index (κ2) is 4.26. The van der Waals surface area contributed by atoms with Crippen LogP contribution in [-0.2, 0) is 22.1 Å². The molecule has 2 heterocycles. The van der Waals surface area contributed by atoms with Crippen LogP contribution in [0.25, 0.3) is 0 Å². The Morgan fingerprint density at radius 1 is 1.22 bits per heavy atom. The van der Waals surface area contributed by atoms with E-state index >= 15 is 0 Å². The largest absolute Gasteiger partial charge is 0.383 e. The zero-order chi connectivity index (χ0) is 12.8. The molecule has 0 aromatic carbocycles. The number of nitrogens with zero attached hydrogens (tertiary/aromatic N) is 3. The first kappa shape index (κ1) is 12.5. The van der Waals surface area contributed by atoms with Gasteiger partial charge in [-0.15, -0.1) is 5.10 Å². The van der Waals surface area contributed by atoms with Crippen LogP contribution in [0, 0.1) is 0 Å². The Morgan fingerprint density at radius 3 is 2.33 bits per heavy atom. The monoisotopic (exact) mass is 317 g/mol. The SMILES string of the molecule is Cn1nnc(Br)c1C1(O)CCC2(CC1)OCCO2. The minimum absolute atomic E-state index is 0.468. The Hall–Kier alpha value is -0.500. The lowest BCUT2D eigenvalue weighted by Crippen LogP contribution is -2.43. The van der Waals surface area contributed by atoms with Gasteiger partial charge in [-0.25, -0.2) is 4.68 Å². The predicted octanol–water partition coefficient (Wildman–Crippen LogP) is 1.08. The van der Waals surface area contributed by atoms with E-state index in [2.05, 4.69) is 26.2 Å². The van der Waals surface area contributed by atoms with Crippen LogP contribution in [0.15, 0.2) is 4.60 Å². The van der Waals surface area contributed by atoms with Gasteiger partial charge in [-0.1, -0.05) is 5.21 Å². The van der Waals surface area contributed by atoms with Gasteiger partial charge in [0.25, 0.3) is 0 Å². The first-order valence-corrected chi connectivity index (χ1v) is 6.90. The van der Waals surface area contributed by atoms with Crippen LogP contribution in [0.1, 0.15) is 31.4 Å². The molecule has 1 aliphatic heterocycles. The first-order valence-electron chi connectivity index (χ1n) is 6.11. The fourth-order valence-corrected chi connectivity index (χ4v) is 3.59. The van der Waals surface area contributed by atoms with Crippen LogP contribution >= 0.6 is 15.9 Å². The lowest BCUT2D eigenvalue weighted by atomic mass is 9.79. The van der Waals surface area contributed by atoms with E-state index in [9.17, 15) is 5.11 Å². The Morgan fingerprint density at radius 2 is 1.83 bits per heavy atom. The molecule has 7 heteroatoms. The Kier molecular flexibility index (Phi) is 2.97. The molecule has 1 aromatic rings. The highest BCUT2D eigenvalue weighted by molar-refractivity contribution is 9.10. The topological polar surface area (TPSA) is 69.4 Å². The number of aliphatic hydroxyl groups is 1. The maximum atomic E-state index is 10.8. The van der Waals surface area contributed by atoms with Crippen molar-refractivity contribution in [3.8, 4) is 0 Å². The molecule has 1 spiro atoms. The van der Waals surface area contributed by atoms with Crippen molar-refractivity contribution in [2.75, 3.05) is 13.2 Å². The second-order valence-corrected chi connectivity index (χ2v) is 5.74. The van der Waals surface area contributed by atoms with Crippen LogP contribution in [0.3, 0.4) is 0 Å². The van der Waals surface area contributed by atoms with Gasteiger partial charge in [0.1, 0.15) is 11.3 Å². The van der Waals surface area contributed by atoms with Crippen molar-refractivity contribution < 1.29 is 14.6 Å². The van der Waals surface area contributed by atoms with Gasteiger partial charge in [-0.05, 0) is 28.8 Å². The van der Waals surface area contributed by atoms with Gasteiger partial charge in [0, 0.05) is 19.9 Å². The van der Waals surface area contributed by atoms with E-state index < -0.39 is 11.4 Å². The molecule has 6 nitrogen and oxygen atoms in total. The minimum Gasteiger partial charge on any atom is -0.383 e. The highest BCUT2D eigenvalue weighted by Crippen LogP contribution is 2.45. The van der Waals surface area contributed by atoms with Crippen LogP contribution in [0.2, 0.25) is 0 Å². The third-order valence-electron chi connectivity index (χ3n) is 3.88. The molecule has 100 valence electrons. The fourth-order valence-electron chi connectivity index (χ4n) is 2.89. The van der Waals surface area contributed by atoms with Gasteiger partial charge in [-0.3, -0.25) is 0 Å². The van der Waals surface area contributed by atoms with E-state index in [1.54, 1.807) is 11.7 Å². The van der Waals surface area contributed by atoms with Crippen LogP contribution in [0.5, 0.6) is 0 Å². The zero-order valence-corrected chi connectivity index (χ0v) is 11.8. The van der Waals surface area contributed by atoms with Crippen molar-refractivity contribution in [1.29, 1.82) is 0 Å². The molecule has 0 radical (unpaired) electrons. The van der Waals surface area contributed by atoms with Gasteiger partial charge in [-0.2, -0.15) is 0 Å². The highest BCUT2D eigenvalue weighted by atomic mass is 79.9. The molecule has 3 rings (SSSR count). The van der Waals surface area contributed by atoms with E-state index in [0.717, 1.165) is 5.69 Å². The number of hydrogen-bond acceptors (Lipinski definition) is 5. The summed E-state index contributed by atoms with van der Waals surface area (Å²) in [7, 11) is 1.79. The zero-order valence-electron chi connectivity index (χ0n) is 10.2. The van der Waals surface area contributed by atoms with E-state index in [0.29, 0.717) is 43.5 Å². The number of rotatable bonds is 1. The fraction of sp³-hybridized carbons (Fsp3) is 0.818. The van der Waals surface area contributed by atoms with Crippen molar-refractivity contribution >= 4 is 15.9 Å². The molecule has 0 bridgehead atoms. The van der Waals surface area contributed by atoms with E-state index in [4.69, 9.17) is 9.47 Å². The quantitative estimate of drug-likeness (QED) is 0.839. The average molecular weight is 318 g/mol. The van der Waals surface area contributed by atoms with Gasteiger partial charge >= 0.3 is 0 Å². The molecular weight excluding hydrogens is 302 g/mol. The molecule has 18 heavy (non-hydrogen) atoms. The van der Waals surface area contributed by atoms with Crippen LogP contribution in [0.4, 0.5) is 0 Å². The molecule has 2 fully saturated rings. The minimum atomic E-state index is -0.905. The third-order valence-corrected chi connectivity index (χ3v) is 4.41. The average Bonchev–Trinajstić information content (AvgIpc) is 2.93. The summed E-state index contributed by atoms with van der Waals surface area (Å²) < 4.78 is 13.6. The summed E-state index contributed by atoms with van der Waals surface area (Å²) in [4.78, 5) is 0. The lowest BCUT2D eigenvalue weighted by Gasteiger charge is -2.40. The Balaban J connectivity index is 1.82. The van der Waals surface area contributed by atoms with Crippen molar-refractivity contribution in [1.82, 2.24) is 15.0 Å². The molecule has 1 saturated heterocycles. The summed E-state index contributed by atoms with van der Waals surface area (Å²) in [6.45, 7) is 1.30. The van der Waals surface area contributed by atoms with Crippen LogP contribution < -0.4 is 0 Å². The summed E-state index contributed by atoms with van der Waals surface area (Å²) in [6, 6.07) is 0. The predicted molar refractivity (Wildman–Crippen MR) is 65.7 cm³/mol. The summed E-state index contributed by atoms with van der Waals surface area (Å²) in [5.74, 6) is -0.468. The van der Waals surface area contributed by atoms with Crippen LogP contribution in [-0.4, -0.2) is 39.1 Å². The molecule has 0 amide bonds. The van der Waals surface area contributed by atoms with Crippen molar-refractivity contribution in [3.05, 3.63) is 10.3 Å². The third kappa shape index (κ3) is 1.89. The maximum absolute atomic E-state index is 10.8. The standard InChI is InChI=1S/C11H16BrN3O3/c1-15-8(9(12)13-14-15)10(16)2-4-11(5-3-10)17-6-7-18-11/h16H,2-7H2,1H3. The summed E-state index contributed by atoms with van der Waals surface area (Å²) in [5.41, 5.74) is -0.173. The molecule has 1 saturated carbocycles. The van der Waals surface area contributed by atoms with Gasteiger partial charge in [0.05, 0.1) is 13.2 Å². The smallest absolute Gasteiger partial charge is 0.168 e. The van der Waals surface area contributed by atoms with Crippen molar-refractivity contribution in [2.45, 2.75) is 37.1 Å². The first-order chi connectivity index (χ1) is 8.55. The number of halogens is 1. The Labute approximate surface area is 113 Å². The summed E-state index contributed by atoms with van der Waals surface area (Å²) in [5, 5.41) is 18.7. The lowest BCUT2D eigenvalue weighted by molar-refractivity contribution is -0.205.